The van der Waals surface area contributed by atoms with Gasteiger partial charge < -0.3 is 15.2 Å². The minimum Gasteiger partial charge on any atom is -0.361 e. The van der Waals surface area contributed by atoms with Gasteiger partial charge in [0.15, 0.2) is 0 Å². The molecule has 2 amide bonds. The second-order valence-corrected chi connectivity index (χ2v) is 5.89. The first-order valence-electron chi connectivity index (χ1n) is 6.62. The molecule has 7 heteroatoms. The van der Waals surface area contributed by atoms with Gasteiger partial charge in [-0.25, -0.2) is 0 Å². The molecule has 0 bridgehead atoms. The van der Waals surface area contributed by atoms with Gasteiger partial charge in [0.2, 0.25) is 11.8 Å². The Morgan fingerprint density at radius 2 is 2.35 bits per heavy atom. The Hall–Kier alpha value is -1.50. The number of nitrogens with one attached hydrogen (secondary N) is 2. The van der Waals surface area contributed by atoms with Crippen molar-refractivity contribution in [2.75, 3.05) is 12.3 Å². The highest BCUT2D eigenvalue weighted by Gasteiger charge is 2.19. The number of carbonyl (C=O) groups excluding carboxylic acids is 2. The zero-order chi connectivity index (χ0) is 14.5. The number of aryl methyl sites for hydroxylation is 2. The molecular weight excluding hydrogens is 278 g/mol. The monoisotopic (exact) mass is 297 g/mol. The van der Waals surface area contributed by atoms with E-state index >= 15 is 0 Å². The van der Waals surface area contributed by atoms with Crippen LogP contribution in [0.1, 0.15) is 29.9 Å². The lowest BCUT2D eigenvalue weighted by Gasteiger charge is -2.23. The SMILES string of the molecule is Cc1noc(C)c1CSCC(=O)NC1CCC(=O)NC1. The largest absolute Gasteiger partial charge is 0.361 e. The molecule has 1 aliphatic rings. The molecular formula is C13H19N3O3S. The molecule has 1 aromatic rings. The van der Waals surface area contributed by atoms with Crippen LogP contribution in [0.15, 0.2) is 4.52 Å². The summed E-state index contributed by atoms with van der Waals surface area (Å²) in [5.41, 5.74) is 1.94. The molecule has 1 unspecified atom stereocenters. The van der Waals surface area contributed by atoms with Crippen LogP contribution < -0.4 is 10.6 Å². The Bertz CT molecular complexity index is 472. The van der Waals surface area contributed by atoms with Crippen molar-refractivity contribution in [3.05, 3.63) is 17.0 Å². The van der Waals surface area contributed by atoms with Crippen LogP contribution in [-0.2, 0) is 15.3 Å². The molecule has 2 rings (SSSR count). The van der Waals surface area contributed by atoms with Crippen molar-refractivity contribution >= 4 is 23.6 Å². The van der Waals surface area contributed by atoms with E-state index in [0.717, 1.165) is 22.8 Å². The summed E-state index contributed by atoms with van der Waals surface area (Å²) < 4.78 is 5.08. The summed E-state index contributed by atoms with van der Waals surface area (Å²) in [5.74, 6) is 1.99. The fourth-order valence-electron chi connectivity index (χ4n) is 2.08. The van der Waals surface area contributed by atoms with Crippen LogP contribution in [0.25, 0.3) is 0 Å². The van der Waals surface area contributed by atoms with E-state index < -0.39 is 0 Å². The number of piperidine rings is 1. The standard InChI is InChI=1S/C13H19N3O3S/c1-8-11(9(2)19-16-8)6-20-7-13(18)15-10-3-4-12(17)14-5-10/h10H,3-7H2,1-2H3,(H,14,17)(H,15,18). The lowest BCUT2D eigenvalue weighted by Crippen LogP contribution is -2.48. The first-order valence-corrected chi connectivity index (χ1v) is 7.77. The van der Waals surface area contributed by atoms with Crippen molar-refractivity contribution in [1.29, 1.82) is 0 Å². The molecule has 1 saturated heterocycles. The third-order valence-corrected chi connectivity index (χ3v) is 4.25. The highest BCUT2D eigenvalue weighted by molar-refractivity contribution is 7.99. The van der Waals surface area contributed by atoms with Crippen LogP contribution in [0.4, 0.5) is 0 Å². The summed E-state index contributed by atoms with van der Waals surface area (Å²) in [6, 6.07) is 0.0554. The third kappa shape index (κ3) is 4.00. The number of rotatable bonds is 5. The lowest BCUT2D eigenvalue weighted by atomic mass is 10.1. The summed E-state index contributed by atoms with van der Waals surface area (Å²) >= 11 is 1.54. The average Bonchev–Trinajstić information content (AvgIpc) is 2.73. The van der Waals surface area contributed by atoms with Crippen molar-refractivity contribution in [3.63, 3.8) is 0 Å². The third-order valence-electron chi connectivity index (χ3n) is 3.29. The highest BCUT2D eigenvalue weighted by atomic mass is 32.2. The summed E-state index contributed by atoms with van der Waals surface area (Å²) in [6.07, 6.45) is 1.20. The Balaban J connectivity index is 1.69. The van der Waals surface area contributed by atoms with E-state index in [9.17, 15) is 9.59 Å². The number of hydrogen-bond acceptors (Lipinski definition) is 5. The van der Waals surface area contributed by atoms with Crippen molar-refractivity contribution < 1.29 is 14.1 Å². The van der Waals surface area contributed by atoms with Gasteiger partial charge in [-0.15, -0.1) is 11.8 Å². The molecule has 0 radical (unpaired) electrons. The maximum absolute atomic E-state index is 11.8. The van der Waals surface area contributed by atoms with Gasteiger partial charge in [0.1, 0.15) is 5.76 Å². The summed E-state index contributed by atoms with van der Waals surface area (Å²) in [6.45, 7) is 4.30. The predicted octanol–water partition coefficient (Wildman–Crippen LogP) is 0.919. The van der Waals surface area contributed by atoms with Gasteiger partial charge in [-0.2, -0.15) is 0 Å². The van der Waals surface area contributed by atoms with Gasteiger partial charge in [0, 0.05) is 30.3 Å². The molecule has 2 N–H and O–H groups in total. The molecule has 2 heterocycles. The Morgan fingerprint density at radius 1 is 1.55 bits per heavy atom. The average molecular weight is 297 g/mol. The maximum atomic E-state index is 11.8. The Morgan fingerprint density at radius 3 is 2.95 bits per heavy atom. The van der Waals surface area contributed by atoms with Crippen LogP contribution >= 0.6 is 11.8 Å². The minimum absolute atomic E-state index is 0.00269. The van der Waals surface area contributed by atoms with Crippen LogP contribution in [0, 0.1) is 13.8 Å². The van der Waals surface area contributed by atoms with Crippen molar-refractivity contribution in [2.45, 2.75) is 38.5 Å². The van der Waals surface area contributed by atoms with Crippen LogP contribution in [0.2, 0.25) is 0 Å². The van der Waals surface area contributed by atoms with Crippen molar-refractivity contribution in [3.8, 4) is 0 Å². The minimum atomic E-state index is 0.00269. The second kappa shape index (κ2) is 6.78. The fourth-order valence-corrected chi connectivity index (χ4v) is 3.07. The topological polar surface area (TPSA) is 84.2 Å². The number of amides is 2. The van der Waals surface area contributed by atoms with E-state index in [2.05, 4.69) is 15.8 Å². The molecule has 1 atom stereocenters. The summed E-state index contributed by atoms with van der Waals surface area (Å²) in [4.78, 5) is 22.8. The quantitative estimate of drug-likeness (QED) is 0.844. The van der Waals surface area contributed by atoms with Gasteiger partial charge in [0.05, 0.1) is 11.4 Å². The normalized spacial score (nSPS) is 18.7. The van der Waals surface area contributed by atoms with Gasteiger partial charge in [0.25, 0.3) is 0 Å². The summed E-state index contributed by atoms with van der Waals surface area (Å²) in [7, 11) is 0. The highest BCUT2D eigenvalue weighted by Crippen LogP contribution is 2.19. The summed E-state index contributed by atoms with van der Waals surface area (Å²) in [5, 5.41) is 9.57. The molecule has 20 heavy (non-hydrogen) atoms. The van der Waals surface area contributed by atoms with Gasteiger partial charge in [-0.1, -0.05) is 5.16 Å². The maximum Gasteiger partial charge on any atom is 0.230 e. The number of aromatic nitrogens is 1. The molecule has 0 spiro atoms. The first kappa shape index (κ1) is 14.9. The van der Waals surface area contributed by atoms with Crippen molar-refractivity contribution in [2.24, 2.45) is 0 Å². The van der Waals surface area contributed by atoms with E-state index in [0.29, 0.717) is 25.1 Å². The van der Waals surface area contributed by atoms with E-state index in [1.807, 2.05) is 13.8 Å². The Kier molecular flexibility index (Phi) is 5.05. The van der Waals surface area contributed by atoms with E-state index in [1.165, 1.54) is 11.8 Å². The van der Waals surface area contributed by atoms with E-state index in [4.69, 9.17) is 4.52 Å². The smallest absolute Gasteiger partial charge is 0.230 e. The molecule has 6 nitrogen and oxygen atoms in total. The van der Waals surface area contributed by atoms with Gasteiger partial charge >= 0.3 is 0 Å². The van der Waals surface area contributed by atoms with Crippen LogP contribution in [0.3, 0.4) is 0 Å². The lowest BCUT2D eigenvalue weighted by molar-refractivity contribution is -0.124. The zero-order valence-corrected chi connectivity index (χ0v) is 12.5. The second-order valence-electron chi connectivity index (χ2n) is 4.90. The number of hydrogen-bond donors (Lipinski definition) is 2. The fraction of sp³-hybridized carbons (Fsp3) is 0.615. The van der Waals surface area contributed by atoms with E-state index in [-0.39, 0.29) is 17.9 Å². The number of nitrogens with zero attached hydrogens (tertiary/aromatic N) is 1. The van der Waals surface area contributed by atoms with Crippen LogP contribution in [0.5, 0.6) is 0 Å². The molecule has 0 saturated carbocycles. The Labute approximate surface area is 122 Å². The number of thioether (sulfide) groups is 1. The van der Waals surface area contributed by atoms with Crippen molar-refractivity contribution in [1.82, 2.24) is 15.8 Å². The van der Waals surface area contributed by atoms with Crippen LogP contribution in [-0.4, -0.2) is 35.3 Å². The zero-order valence-electron chi connectivity index (χ0n) is 11.7. The predicted molar refractivity (Wildman–Crippen MR) is 76.3 cm³/mol. The van der Waals surface area contributed by atoms with E-state index in [1.54, 1.807) is 0 Å². The number of carbonyl (C=O) groups is 2. The molecule has 1 fully saturated rings. The van der Waals surface area contributed by atoms with Gasteiger partial charge in [-0.3, -0.25) is 9.59 Å². The van der Waals surface area contributed by atoms with Gasteiger partial charge in [-0.05, 0) is 20.3 Å². The molecule has 1 aromatic heterocycles. The molecule has 0 aromatic carbocycles. The molecule has 1 aliphatic heterocycles. The first-order chi connectivity index (χ1) is 9.56. The molecule has 110 valence electrons. The molecule has 0 aliphatic carbocycles.